The molecular formula is C10H17Cl2NO2. The van der Waals surface area contributed by atoms with Gasteiger partial charge in [0.2, 0.25) is 5.91 Å². The molecule has 1 saturated heterocycles. The van der Waals surface area contributed by atoms with Crippen molar-refractivity contribution in [3.05, 3.63) is 0 Å². The maximum absolute atomic E-state index is 11.6. The smallest absolute Gasteiger partial charge is 0.223 e. The molecule has 1 aliphatic heterocycles. The number of nitrogens with one attached hydrogen (secondary N) is 1. The van der Waals surface area contributed by atoms with Crippen LogP contribution in [0, 0.1) is 0 Å². The van der Waals surface area contributed by atoms with Crippen LogP contribution in [-0.2, 0) is 9.53 Å². The lowest BCUT2D eigenvalue weighted by atomic mass is 10.1. The van der Waals surface area contributed by atoms with E-state index in [2.05, 4.69) is 5.32 Å². The van der Waals surface area contributed by atoms with Crippen LogP contribution < -0.4 is 5.32 Å². The molecule has 15 heavy (non-hydrogen) atoms. The summed E-state index contributed by atoms with van der Waals surface area (Å²) in [6.45, 7) is 2.60. The van der Waals surface area contributed by atoms with E-state index in [0.29, 0.717) is 18.2 Å². The highest BCUT2D eigenvalue weighted by Crippen LogP contribution is 2.16. The van der Waals surface area contributed by atoms with Gasteiger partial charge in [0.05, 0.1) is 18.1 Å². The van der Waals surface area contributed by atoms with E-state index in [1.54, 1.807) is 0 Å². The predicted molar refractivity (Wildman–Crippen MR) is 61.6 cm³/mol. The lowest BCUT2D eigenvalue weighted by Gasteiger charge is -2.26. The molecule has 0 aromatic carbocycles. The number of alkyl halides is 2. The topological polar surface area (TPSA) is 38.3 Å². The SMILES string of the molecule is CC(CCl)(CCl)NC(=O)CC1CCCO1. The molecule has 0 aromatic rings. The summed E-state index contributed by atoms with van der Waals surface area (Å²) in [6, 6.07) is 0. The highest BCUT2D eigenvalue weighted by Gasteiger charge is 2.26. The van der Waals surface area contributed by atoms with Crippen molar-refractivity contribution in [2.45, 2.75) is 37.8 Å². The van der Waals surface area contributed by atoms with Crippen LogP contribution in [0.4, 0.5) is 0 Å². The molecule has 1 rings (SSSR count). The zero-order valence-electron chi connectivity index (χ0n) is 8.89. The van der Waals surface area contributed by atoms with Crippen LogP contribution in [0.5, 0.6) is 0 Å². The Morgan fingerprint density at radius 3 is 2.67 bits per heavy atom. The summed E-state index contributed by atoms with van der Waals surface area (Å²) in [4.78, 5) is 11.6. The van der Waals surface area contributed by atoms with E-state index in [4.69, 9.17) is 27.9 Å². The fourth-order valence-electron chi connectivity index (χ4n) is 1.50. The minimum atomic E-state index is -0.515. The average molecular weight is 254 g/mol. The van der Waals surface area contributed by atoms with Gasteiger partial charge in [-0.15, -0.1) is 23.2 Å². The van der Waals surface area contributed by atoms with Crippen molar-refractivity contribution >= 4 is 29.1 Å². The van der Waals surface area contributed by atoms with Crippen molar-refractivity contribution in [3.63, 3.8) is 0 Å². The molecule has 1 unspecified atom stereocenters. The molecule has 3 nitrogen and oxygen atoms in total. The first-order valence-electron chi connectivity index (χ1n) is 5.14. The van der Waals surface area contributed by atoms with Crippen LogP contribution >= 0.6 is 23.2 Å². The van der Waals surface area contributed by atoms with Crippen molar-refractivity contribution in [1.82, 2.24) is 5.32 Å². The molecule has 1 fully saturated rings. The lowest BCUT2D eigenvalue weighted by molar-refractivity contribution is -0.124. The van der Waals surface area contributed by atoms with Gasteiger partial charge in [-0.3, -0.25) is 4.79 Å². The Kier molecular flexibility index (Phi) is 5.16. The highest BCUT2D eigenvalue weighted by atomic mass is 35.5. The van der Waals surface area contributed by atoms with Crippen molar-refractivity contribution in [2.24, 2.45) is 0 Å². The summed E-state index contributed by atoms with van der Waals surface area (Å²) in [5.74, 6) is 0.590. The van der Waals surface area contributed by atoms with Crippen molar-refractivity contribution in [1.29, 1.82) is 0 Å². The fraction of sp³-hybridized carbons (Fsp3) is 0.900. The van der Waals surface area contributed by atoms with Gasteiger partial charge in [-0.1, -0.05) is 0 Å². The number of amides is 1. The molecule has 0 saturated carbocycles. The first-order valence-corrected chi connectivity index (χ1v) is 6.21. The van der Waals surface area contributed by atoms with Crippen molar-refractivity contribution in [3.8, 4) is 0 Å². The maximum Gasteiger partial charge on any atom is 0.223 e. The molecule has 0 aromatic heterocycles. The molecule has 1 aliphatic rings. The second-order valence-corrected chi connectivity index (χ2v) is 4.75. The van der Waals surface area contributed by atoms with Gasteiger partial charge in [-0.05, 0) is 19.8 Å². The summed E-state index contributed by atoms with van der Waals surface area (Å²) in [5.41, 5.74) is -0.515. The van der Waals surface area contributed by atoms with Crippen LogP contribution in [0.15, 0.2) is 0 Å². The van der Waals surface area contributed by atoms with Crippen LogP contribution in [0.2, 0.25) is 0 Å². The first kappa shape index (κ1) is 13.1. The number of ether oxygens (including phenoxy) is 1. The number of carbonyl (C=O) groups is 1. The van der Waals surface area contributed by atoms with Crippen LogP contribution in [0.1, 0.15) is 26.2 Å². The summed E-state index contributed by atoms with van der Waals surface area (Å²) in [7, 11) is 0. The van der Waals surface area contributed by atoms with Crippen LogP contribution in [0.25, 0.3) is 0 Å². The Morgan fingerprint density at radius 2 is 2.20 bits per heavy atom. The quantitative estimate of drug-likeness (QED) is 0.761. The third kappa shape index (κ3) is 4.17. The molecule has 0 bridgehead atoms. The van der Waals surface area contributed by atoms with Gasteiger partial charge in [-0.25, -0.2) is 0 Å². The third-order valence-electron chi connectivity index (χ3n) is 2.47. The van der Waals surface area contributed by atoms with E-state index in [0.717, 1.165) is 19.4 Å². The molecule has 5 heteroatoms. The van der Waals surface area contributed by atoms with Crippen molar-refractivity contribution in [2.75, 3.05) is 18.4 Å². The zero-order chi connectivity index (χ0) is 11.3. The Labute approximate surface area is 100 Å². The monoisotopic (exact) mass is 253 g/mol. The second-order valence-electron chi connectivity index (χ2n) is 4.22. The zero-order valence-corrected chi connectivity index (χ0v) is 10.4. The lowest BCUT2D eigenvalue weighted by Crippen LogP contribution is -2.49. The van der Waals surface area contributed by atoms with Gasteiger partial charge in [0.15, 0.2) is 0 Å². The largest absolute Gasteiger partial charge is 0.378 e. The first-order chi connectivity index (χ1) is 7.09. The van der Waals surface area contributed by atoms with Gasteiger partial charge >= 0.3 is 0 Å². The summed E-state index contributed by atoms with van der Waals surface area (Å²) >= 11 is 11.5. The molecule has 1 heterocycles. The fourth-order valence-corrected chi connectivity index (χ4v) is 1.92. The minimum absolute atomic E-state index is 0.0364. The van der Waals surface area contributed by atoms with Gasteiger partial charge < -0.3 is 10.1 Å². The van der Waals surface area contributed by atoms with E-state index < -0.39 is 5.54 Å². The Hall–Kier alpha value is 0.01000. The molecule has 0 radical (unpaired) electrons. The molecule has 88 valence electrons. The summed E-state index contributed by atoms with van der Waals surface area (Å²) in [5, 5.41) is 2.84. The molecule has 0 aliphatic carbocycles. The highest BCUT2D eigenvalue weighted by molar-refractivity contribution is 6.22. The molecule has 0 spiro atoms. The molecule has 1 amide bonds. The van der Waals surface area contributed by atoms with Crippen LogP contribution in [0.3, 0.4) is 0 Å². The normalized spacial score (nSPS) is 21.7. The Morgan fingerprint density at radius 1 is 1.53 bits per heavy atom. The van der Waals surface area contributed by atoms with Gasteiger partial charge in [0, 0.05) is 18.4 Å². The summed E-state index contributed by atoms with van der Waals surface area (Å²) in [6.07, 6.45) is 2.48. The van der Waals surface area contributed by atoms with E-state index >= 15 is 0 Å². The Balaban J connectivity index is 2.33. The number of halogens is 2. The molecule has 1 atom stereocenters. The number of hydrogen-bond acceptors (Lipinski definition) is 2. The number of hydrogen-bond donors (Lipinski definition) is 1. The van der Waals surface area contributed by atoms with Gasteiger partial charge in [-0.2, -0.15) is 0 Å². The number of carbonyl (C=O) groups excluding carboxylic acids is 1. The predicted octanol–water partition coefficient (Wildman–Crippen LogP) is 1.91. The van der Waals surface area contributed by atoms with E-state index in [9.17, 15) is 4.79 Å². The average Bonchev–Trinajstić information content (AvgIpc) is 2.70. The van der Waals surface area contributed by atoms with Gasteiger partial charge in [0.1, 0.15) is 0 Å². The summed E-state index contributed by atoms with van der Waals surface area (Å²) < 4.78 is 5.38. The van der Waals surface area contributed by atoms with Crippen molar-refractivity contribution < 1.29 is 9.53 Å². The van der Waals surface area contributed by atoms with Crippen LogP contribution in [-0.4, -0.2) is 35.9 Å². The standard InChI is InChI=1S/C10H17Cl2NO2/c1-10(6-11,7-12)13-9(14)5-8-3-2-4-15-8/h8H,2-7H2,1H3,(H,13,14). The van der Waals surface area contributed by atoms with E-state index in [-0.39, 0.29) is 12.0 Å². The third-order valence-corrected chi connectivity index (χ3v) is 3.65. The number of rotatable bonds is 5. The van der Waals surface area contributed by atoms with Gasteiger partial charge in [0.25, 0.3) is 0 Å². The second kappa shape index (κ2) is 5.92. The Bertz CT molecular complexity index is 213. The molecule has 1 N–H and O–H groups in total. The minimum Gasteiger partial charge on any atom is -0.378 e. The molecular weight excluding hydrogens is 237 g/mol. The van der Waals surface area contributed by atoms with E-state index in [1.165, 1.54) is 0 Å². The maximum atomic E-state index is 11.6. The van der Waals surface area contributed by atoms with E-state index in [1.807, 2.05) is 6.92 Å².